The molecule has 1 N–H and O–H groups in total. The predicted molar refractivity (Wildman–Crippen MR) is 56.6 cm³/mol. The third kappa shape index (κ3) is 2.23. The quantitative estimate of drug-likeness (QED) is 0.717. The van der Waals surface area contributed by atoms with E-state index in [0.29, 0.717) is 23.9 Å². The van der Waals surface area contributed by atoms with Crippen LogP contribution in [0.4, 0.5) is 4.79 Å². The lowest BCUT2D eigenvalue weighted by atomic mass is 10.5. The molecule has 0 atom stereocenters. The molecular formula is C8H19N2O4S+. The number of carbonyl (C=O) groups is 1. The van der Waals surface area contributed by atoms with Crippen molar-refractivity contribution in [3.8, 4) is 0 Å². The van der Waals surface area contributed by atoms with E-state index in [1.54, 1.807) is 20.8 Å². The molecule has 0 saturated heterocycles. The van der Waals surface area contributed by atoms with E-state index in [1.165, 1.54) is 0 Å². The molecule has 0 spiro atoms. The maximum Gasteiger partial charge on any atom is 0.425 e. The van der Waals surface area contributed by atoms with Crippen molar-refractivity contribution in [1.29, 1.82) is 0 Å². The van der Waals surface area contributed by atoms with E-state index in [9.17, 15) is 13.2 Å². The minimum atomic E-state index is -3.84. The summed E-state index contributed by atoms with van der Waals surface area (Å²) in [5, 5.41) is 8.70. The molecule has 0 unspecified atom stereocenters. The molecule has 0 aliphatic heterocycles. The molecule has 7 heteroatoms. The fourth-order valence-corrected chi connectivity index (χ4v) is 3.21. The van der Waals surface area contributed by atoms with Crippen molar-refractivity contribution in [3.63, 3.8) is 0 Å². The number of quaternary nitrogens is 1. The highest BCUT2D eigenvalue weighted by Gasteiger charge is 2.43. The molecule has 1 amide bonds. The molecule has 0 fully saturated rings. The van der Waals surface area contributed by atoms with Gasteiger partial charge in [0.15, 0.2) is 0 Å². The van der Waals surface area contributed by atoms with Gasteiger partial charge in [-0.05, 0) is 20.8 Å². The minimum Gasteiger partial charge on any atom is -0.464 e. The maximum atomic E-state index is 12.0. The van der Waals surface area contributed by atoms with Crippen LogP contribution in [0.5, 0.6) is 0 Å². The predicted octanol–water partition coefficient (Wildman–Crippen LogP) is 0.718. The molecule has 0 radical (unpaired) electrons. The summed E-state index contributed by atoms with van der Waals surface area (Å²) in [4.78, 5) is 10.7. The number of rotatable bonds is 5. The number of amides is 1. The first-order valence-corrected chi connectivity index (χ1v) is 6.26. The maximum absolute atomic E-state index is 12.0. The first-order valence-electron chi connectivity index (χ1n) is 4.87. The van der Waals surface area contributed by atoms with Gasteiger partial charge in [0.25, 0.3) is 0 Å². The number of nitrogens with zero attached hydrogens (tertiary/aromatic N) is 2. The van der Waals surface area contributed by atoms with Crippen LogP contribution in [-0.4, -0.2) is 54.5 Å². The molecule has 0 aliphatic carbocycles. The zero-order chi connectivity index (χ0) is 12.3. The molecule has 15 heavy (non-hydrogen) atoms. The van der Waals surface area contributed by atoms with E-state index in [-0.39, 0.29) is 3.89 Å². The van der Waals surface area contributed by atoms with Crippen molar-refractivity contribution >= 4 is 16.3 Å². The van der Waals surface area contributed by atoms with Crippen LogP contribution in [0.2, 0.25) is 0 Å². The fourth-order valence-electron chi connectivity index (χ4n) is 1.52. The van der Waals surface area contributed by atoms with E-state index < -0.39 is 16.3 Å². The fraction of sp³-hybridized carbons (Fsp3) is 0.875. The summed E-state index contributed by atoms with van der Waals surface area (Å²) < 4.78 is 24.2. The lowest BCUT2D eigenvalue weighted by Gasteiger charge is -2.35. The Hall–Kier alpha value is -0.820. The van der Waals surface area contributed by atoms with Crippen molar-refractivity contribution in [2.75, 3.05) is 26.7 Å². The van der Waals surface area contributed by atoms with Crippen LogP contribution in [0.3, 0.4) is 0 Å². The van der Waals surface area contributed by atoms with Crippen LogP contribution in [-0.2, 0) is 10.2 Å². The SMILES string of the molecule is CC[N+](CC)(CC)S(=O)(=O)N(C)C(=O)O. The zero-order valence-corrected chi connectivity index (χ0v) is 10.4. The molecule has 0 heterocycles. The van der Waals surface area contributed by atoms with Gasteiger partial charge in [-0.1, -0.05) is 0 Å². The normalized spacial score (nSPS) is 12.5. The Balaban J connectivity index is 5.41. The molecule has 6 nitrogen and oxygen atoms in total. The topological polar surface area (TPSA) is 74.7 Å². The molecule has 0 aromatic carbocycles. The van der Waals surface area contributed by atoms with Crippen molar-refractivity contribution in [3.05, 3.63) is 0 Å². The Labute approximate surface area is 90.9 Å². The second kappa shape index (κ2) is 4.80. The van der Waals surface area contributed by atoms with Crippen molar-refractivity contribution in [2.24, 2.45) is 0 Å². The molecule has 0 aliphatic rings. The van der Waals surface area contributed by atoms with Crippen molar-refractivity contribution < 1.29 is 22.2 Å². The van der Waals surface area contributed by atoms with Gasteiger partial charge in [-0.3, -0.25) is 0 Å². The van der Waals surface area contributed by atoms with E-state index in [1.807, 2.05) is 0 Å². The summed E-state index contributed by atoms with van der Waals surface area (Å²) in [5.74, 6) is 0. The average molecular weight is 239 g/mol. The number of hydrogen-bond donors (Lipinski definition) is 1. The average Bonchev–Trinajstić information content (AvgIpc) is 2.19. The summed E-state index contributed by atoms with van der Waals surface area (Å²) in [7, 11) is -2.78. The van der Waals surface area contributed by atoms with Gasteiger partial charge in [0.05, 0.1) is 19.6 Å². The van der Waals surface area contributed by atoms with Gasteiger partial charge in [-0.25, -0.2) is 8.68 Å². The molecule has 0 aromatic rings. The molecule has 0 saturated carbocycles. The zero-order valence-electron chi connectivity index (χ0n) is 9.60. The Kier molecular flexibility index (Phi) is 4.54. The van der Waals surface area contributed by atoms with Gasteiger partial charge in [0.2, 0.25) is 0 Å². The Morgan fingerprint density at radius 2 is 1.53 bits per heavy atom. The largest absolute Gasteiger partial charge is 0.464 e. The number of hydrogen-bond acceptors (Lipinski definition) is 3. The van der Waals surface area contributed by atoms with Crippen LogP contribution in [0.25, 0.3) is 0 Å². The van der Waals surface area contributed by atoms with E-state index in [0.717, 1.165) is 7.05 Å². The summed E-state index contributed by atoms with van der Waals surface area (Å²) in [6.07, 6.45) is -1.45. The van der Waals surface area contributed by atoms with Gasteiger partial charge in [0.1, 0.15) is 0 Å². The van der Waals surface area contributed by atoms with Crippen LogP contribution in [0.1, 0.15) is 20.8 Å². The van der Waals surface area contributed by atoms with Gasteiger partial charge in [0, 0.05) is 7.05 Å². The molecular weight excluding hydrogens is 220 g/mol. The second-order valence-corrected chi connectivity index (χ2v) is 5.45. The van der Waals surface area contributed by atoms with Crippen LogP contribution < -0.4 is 0 Å². The van der Waals surface area contributed by atoms with E-state index in [4.69, 9.17) is 5.11 Å². The van der Waals surface area contributed by atoms with Crippen LogP contribution in [0, 0.1) is 0 Å². The van der Waals surface area contributed by atoms with Gasteiger partial charge >= 0.3 is 16.3 Å². The summed E-state index contributed by atoms with van der Waals surface area (Å²) in [5.41, 5.74) is 0. The van der Waals surface area contributed by atoms with E-state index >= 15 is 0 Å². The highest BCUT2D eigenvalue weighted by molar-refractivity contribution is 7.84. The van der Waals surface area contributed by atoms with Crippen molar-refractivity contribution in [1.82, 2.24) is 4.31 Å². The molecule has 0 bridgehead atoms. The van der Waals surface area contributed by atoms with Crippen molar-refractivity contribution in [2.45, 2.75) is 20.8 Å². The van der Waals surface area contributed by atoms with Gasteiger partial charge in [-0.15, -0.1) is 0 Å². The minimum absolute atomic E-state index is 0.240. The highest BCUT2D eigenvalue weighted by Crippen LogP contribution is 2.18. The summed E-state index contributed by atoms with van der Waals surface area (Å²) in [6.45, 7) is 6.27. The third-order valence-electron chi connectivity index (χ3n) is 2.83. The standard InChI is InChI=1S/C8H18N2O4S/c1-5-10(6-2,7-3)15(13,14)9(4)8(11)12/h5-7H2,1-4H3/p+1. The van der Waals surface area contributed by atoms with E-state index in [2.05, 4.69) is 0 Å². The van der Waals surface area contributed by atoms with Crippen LogP contribution in [0.15, 0.2) is 0 Å². The molecule has 90 valence electrons. The second-order valence-electron chi connectivity index (χ2n) is 3.23. The van der Waals surface area contributed by atoms with Gasteiger partial charge < -0.3 is 5.11 Å². The first kappa shape index (κ1) is 14.2. The lowest BCUT2D eigenvalue weighted by Crippen LogP contribution is -2.58. The lowest BCUT2D eigenvalue weighted by molar-refractivity contribution is -0.802. The van der Waals surface area contributed by atoms with Crippen LogP contribution >= 0.6 is 0 Å². The molecule has 0 rings (SSSR count). The monoisotopic (exact) mass is 239 g/mol. The first-order chi connectivity index (χ1) is 6.79. The number of carboxylic acid groups (broad SMARTS) is 1. The Bertz CT molecular complexity index is 313. The third-order valence-corrected chi connectivity index (χ3v) is 5.44. The molecule has 0 aromatic heterocycles. The Morgan fingerprint density at radius 3 is 1.73 bits per heavy atom. The highest BCUT2D eigenvalue weighted by atomic mass is 32.2. The smallest absolute Gasteiger partial charge is 0.425 e. The summed E-state index contributed by atoms with van der Waals surface area (Å²) >= 11 is 0. The van der Waals surface area contributed by atoms with Gasteiger partial charge in [-0.2, -0.15) is 12.7 Å². The summed E-state index contributed by atoms with van der Waals surface area (Å²) in [6, 6.07) is 0. The Morgan fingerprint density at radius 1 is 1.20 bits per heavy atom.